The molecule has 0 fully saturated rings. The van der Waals surface area contributed by atoms with Gasteiger partial charge in [-0.25, -0.2) is 0 Å². The second kappa shape index (κ2) is 10.3. The van der Waals surface area contributed by atoms with E-state index in [1.807, 2.05) is 66.7 Å². The molecule has 0 radical (unpaired) electrons. The highest BCUT2D eigenvalue weighted by molar-refractivity contribution is 5.62. The Kier molecular flexibility index (Phi) is 7.26. The lowest BCUT2D eigenvalue weighted by molar-refractivity contribution is 0.460. The standard InChI is InChI=1S/C28H26N2O/c1-28(2,25-15-13-23(14-16-25)18-24(20-29)21-30)17-7-9-22-8-6-12-27(19-22)31-26-10-4-3-5-11-26/h3-6,8,10-16,18-19H,7,9,17H2,1-2H3. The first kappa shape index (κ1) is 21.9. The maximum Gasteiger partial charge on any atom is 0.130 e. The van der Waals surface area contributed by atoms with Crippen molar-refractivity contribution in [1.82, 2.24) is 0 Å². The number of allylic oxidation sites excluding steroid dienone is 1. The number of ether oxygens (including phenoxy) is 1. The summed E-state index contributed by atoms with van der Waals surface area (Å²) in [5, 5.41) is 17.8. The Bertz CT molecular complexity index is 1100. The number of nitrogens with zero attached hydrogens (tertiary/aromatic N) is 2. The molecular weight excluding hydrogens is 380 g/mol. The van der Waals surface area contributed by atoms with E-state index in [4.69, 9.17) is 15.3 Å². The minimum Gasteiger partial charge on any atom is -0.457 e. The Morgan fingerprint density at radius 3 is 2.23 bits per heavy atom. The second-order valence-corrected chi connectivity index (χ2v) is 8.20. The summed E-state index contributed by atoms with van der Waals surface area (Å²) in [7, 11) is 0. The summed E-state index contributed by atoms with van der Waals surface area (Å²) in [4.78, 5) is 0. The van der Waals surface area contributed by atoms with Gasteiger partial charge in [-0.1, -0.05) is 68.4 Å². The van der Waals surface area contributed by atoms with Crippen molar-refractivity contribution in [2.75, 3.05) is 0 Å². The summed E-state index contributed by atoms with van der Waals surface area (Å²) >= 11 is 0. The van der Waals surface area contributed by atoms with Crippen LogP contribution < -0.4 is 4.74 Å². The van der Waals surface area contributed by atoms with Crippen molar-refractivity contribution >= 4 is 6.08 Å². The van der Waals surface area contributed by atoms with E-state index in [9.17, 15) is 0 Å². The summed E-state index contributed by atoms with van der Waals surface area (Å²) in [6.45, 7) is 4.51. The highest BCUT2D eigenvalue weighted by atomic mass is 16.5. The van der Waals surface area contributed by atoms with E-state index in [1.165, 1.54) is 11.1 Å². The molecule has 0 aliphatic carbocycles. The largest absolute Gasteiger partial charge is 0.457 e. The molecule has 3 aromatic rings. The van der Waals surface area contributed by atoms with Crippen LogP contribution in [0.2, 0.25) is 0 Å². The predicted octanol–water partition coefficient (Wildman–Crippen LogP) is 7.21. The summed E-state index contributed by atoms with van der Waals surface area (Å²) in [6.07, 6.45) is 4.72. The first-order valence-electron chi connectivity index (χ1n) is 10.4. The van der Waals surface area contributed by atoms with Gasteiger partial charge in [-0.2, -0.15) is 10.5 Å². The zero-order chi connectivity index (χ0) is 22.1. The van der Waals surface area contributed by atoms with Crippen molar-refractivity contribution in [2.45, 2.75) is 38.5 Å². The third-order valence-corrected chi connectivity index (χ3v) is 5.39. The smallest absolute Gasteiger partial charge is 0.130 e. The number of aryl methyl sites for hydroxylation is 1. The molecule has 0 bridgehead atoms. The van der Waals surface area contributed by atoms with Gasteiger partial charge < -0.3 is 4.74 Å². The van der Waals surface area contributed by atoms with Crippen LogP contribution in [0.15, 0.2) is 84.4 Å². The molecule has 3 aromatic carbocycles. The van der Waals surface area contributed by atoms with Crippen molar-refractivity contribution in [3.05, 3.63) is 101 Å². The van der Waals surface area contributed by atoms with Crippen LogP contribution in [0.3, 0.4) is 0 Å². The van der Waals surface area contributed by atoms with E-state index in [0.29, 0.717) is 0 Å². The zero-order valence-electron chi connectivity index (χ0n) is 18.0. The maximum absolute atomic E-state index is 8.90. The fourth-order valence-corrected chi connectivity index (χ4v) is 3.55. The van der Waals surface area contributed by atoms with E-state index in [2.05, 4.69) is 38.1 Å². The molecule has 154 valence electrons. The van der Waals surface area contributed by atoms with Crippen LogP contribution in [0.25, 0.3) is 6.08 Å². The fraction of sp³-hybridized carbons (Fsp3) is 0.214. The van der Waals surface area contributed by atoms with Crippen LogP contribution in [0.4, 0.5) is 0 Å². The Morgan fingerprint density at radius 1 is 0.871 bits per heavy atom. The highest BCUT2D eigenvalue weighted by Gasteiger charge is 2.20. The number of benzene rings is 3. The first-order chi connectivity index (χ1) is 15.0. The predicted molar refractivity (Wildman–Crippen MR) is 125 cm³/mol. The topological polar surface area (TPSA) is 56.8 Å². The molecule has 0 heterocycles. The number of hydrogen-bond acceptors (Lipinski definition) is 3. The normalized spacial score (nSPS) is 10.6. The third-order valence-electron chi connectivity index (χ3n) is 5.39. The van der Waals surface area contributed by atoms with Gasteiger partial charge in [0.2, 0.25) is 0 Å². The van der Waals surface area contributed by atoms with Gasteiger partial charge in [0.25, 0.3) is 0 Å². The molecule has 0 aliphatic rings. The molecule has 0 N–H and O–H groups in total. The van der Waals surface area contributed by atoms with Crippen molar-refractivity contribution in [2.24, 2.45) is 0 Å². The van der Waals surface area contributed by atoms with Gasteiger partial charge in [0.15, 0.2) is 0 Å². The molecule has 0 unspecified atom stereocenters. The average Bonchev–Trinajstić information content (AvgIpc) is 2.78. The van der Waals surface area contributed by atoms with Crippen LogP contribution >= 0.6 is 0 Å². The zero-order valence-corrected chi connectivity index (χ0v) is 18.0. The Balaban J connectivity index is 1.58. The van der Waals surface area contributed by atoms with Crippen LogP contribution in [0, 0.1) is 22.7 Å². The molecule has 0 saturated carbocycles. The first-order valence-corrected chi connectivity index (χ1v) is 10.4. The molecular formula is C28H26N2O. The summed E-state index contributed by atoms with van der Waals surface area (Å²) in [5.74, 6) is 1.71. The van der Waals surface area contributed by atoms with Crippen LogP contribution in [0.5, 0.6) is 11.5 Å². The molecule has 3 nitrogen and oxygen atoms in total. The van der Waals surface area contributed by atoms with Crippen LogP contribution in [0.1, 0.15) is 43.4 Å². The van der Waals surface area contributed by atoms with Gasteiger partial charge >= 0.3 is 0 Å². The lowest BCUT2D eigenvalue weighted by atomic mass is 9.79. The quantitative estimate of drug-likeness (QED) is 0.371. The molecule has 0 spiro atoms. The minimum absolute atomic E-state index is 0.0354. The van der Waals surface area contributed by atoms with Gasteiger partial charge in [0, 0.05) is 0 Å². The summed E-state index contributed by atoms with van der Waals surface area (Å²) in [5.41, 5.74) is 3.54. The number of para-hydroxylation sites is 1. The van der Waals surface area contributed by atoms with E-state index in [1.54, 1.807) is 6.08 Å². The molecule has 0 aromatic heterocycles. The van der Waals surface area contributed by atoms with Crippen molar-refractivity contribution in [3.8, 4) is 23.6 Å². The lowest BCUT2D eigenvalue weighted by Crippen LogP contribution is -2.17. The number of hydrogen-bond donors (Lipinski definition) is 0. The molecule has 0 saturated heterocycles. The van der Waals surface area contributed by atoms with E-state index < -0.39 is 0 Å². The SMILES string of the molecule is CC(C)(CCCc1cccc(Oc2ccccc2)c1)c1ccc(C=C(C#N)C#N)cc1. The molecule has 3 heteroatoms. The molecule has 0 aliphatic heterocycles. The van der Waals surface area contributed by atoms with E-state index in [-0.39, 0.29) is 11.0 Å². The average molecular weight is 407 g/mol. The van der Waals surface area contributed by atoms with Crippen LogP contribution in [-0.4, -0.2) is 0 Å². The number of rotatable bonds is 8. The van der Waals surface area contributed by atoms with Gasteiger partial charge in [0.1, 0.15) is 29.2 Å². The van der Waals surface area contributed by atoms with Crippen molar-refractivity contribution in [1.29, 1.82) is 10.5 Å². The minimum atomic E-state index is 0.0354. The van der Waals surface area contributed by atoms with Gasteiger partial charge in [-0.15, -0.1) is 0 Å². The molecule has 0 atom stereocenters. The van der Waals surface area contributed by atoms with E-state index >= 15 is 0 Å². The second-order valence-electron chi connectivity index (χ2n) is 8.20. The Morgan fingerprint density at radius 2 is 1.55 bits per heavy atom. The number of nitriles is 2. The maximum atomic E-state index is 8.90. The van der Waals surface area contributed by atoms with Gasteiger partial charge in [-0.05, 0) is 71.7 Å². The van der Waals surface area contributed by atoms with Gasteiger partial charge in [-0.3, -0.25) is 0 Å². The van der Waals surface area contributed by atoms with Crippen LogP contribution in [-0.2, 0) is 11.8 Å². The molecule has 31 heavy (non-hydrogen) atoms. The van der Waals surface area contributed by atoms with E-state index in [0.717, 1.165) is 36.3 Å². The van der Waals surface area contributed by atoms with Crippen molar-refractivity contribution < 1.29 is 4.74 Å². The fourth-order valence-electron chi connectivity index (χ4n) is 3.55. The monoisotopic (exact) mass is 406 g/mol. The summed E-state index contributed by atoms with van der Waals surface area (Å²) in [6, 6.07) is 30.0. The molecule has 0 amide bonds. The summed E-state index contributed by atoms with van der Waals surface area (Å²) < 4.78 is 5.95. The van der Waals surface area contributed by atoms with Gasteiger partial charge in [0.05, 0.1) is 0 Å². The molecule has 3 rings (SSSR count). The highest BCUT2D eigenvalue weighted by Crippen LogP contribution is 2.30. The van der Waals surface area contributed by atoms with Crippen molar-refractivity contribution in [3.63, 3.8) is 0 Å². The Hall–Kier alpha value is -3.82. The third kappa shape index (κ3) is 6.33. The lowest BCUT2D eigenvalue weighted by Gasteiger charge is -2.25. The Labute approximate surface area is 184 Å².